The first-order valence-corrected chi connectivity index (χ1v) is 10.7. The van der Waals surface area contributed by atoms with Gasteiger partial charge in [-0.2, -0.15) is 0 Å². The molecule has 1 amide bonds. The van der Waals surface area contributed by atoms with Gasteiger partial charge in [-0.05, 0) is 74.5 Å². The molecule has 0 saturated heterocycles. The van der Waals surface area contributed by atoms with Crippen molar-refractivity contribution in [1.29, 1.82) is 0 Å². The first kappa shape index (κ1) is 22.2. The SMILES string of the molecule is CCOc1ccc(-n2c(C(C)N(C)C(=O)c3ccc(F)cc3)nc3ccccc3c2=O)cc1. The molecule has 1 atom stereocenters. The van der Waals surface area contributed by atoms with Gasteiger partial charge in [-0.1, -0.05) is 12.1 Å². The van der Waals surface area contributed by atoms with Crippen molar-refractivity contribution in [3.8, 4) is 11.4 Å². The second-order valence-corrected chi connectivity index (χ2v) is 7.65. The summed E-state index contributed by atoms with van der Waals surface area (Å²) in [6.45, 7) is 4.25. The minimum Gasteiger partial charge on any atom is -0.494 e. The maximum absolute atomic E-state index is 13.5. The molecule has 0 radical (unpaired) electrons. The number of para-hydroxylation sites is 1. The van der Waals surface area contributed by atoms with E-state index in [2.05, 4.69) is 0 Å². The summed E-state index contributed by atoms with van der Waals surface area (Å²) in [5, 5.41) is 0.481. The smallest absolute Gasteiger partial charge is 0.266 e. The Balaban J connectivity index is 1.83. The lowest BCUT2D eigenvalue weighted by Crippen LogP contribution is -2.34. The number of amides is 1. The van der Waals surface area contributed by atoms with Crippen LogP contribution < -0.4 is 10.3 Å². The van der Waals surface area contributed by atoms with E-state index in [1.54, 1.807) is 49.5 Å². The van der Waals surface area contributed by atoms with E-state index in [4.69, 9.17) is 9.72 Å². The minimum absolute atomic E-state index is 0.228. The van der Waals surface area contributed by atoms with Crippen LogP contribution in [-0.2, 0) is 0 Å². The van der Waals surface area contributed by atoms with Crippen molar-refractivity contribution < 1.29 is 13.9 Å². The van der Waals surface area contributed by atoms with E-state index in [1.165, 1.54) is 33.7 Å². The molecule has 0 aliphatic carbocycles. The Morgan fingerprint density at radius 1 is 1.06 bits per heavy atom. The lowest BCUT2D eigenvalue weighted by atomic mass is 10.1. The van der Waals surface area contributed by atoms with Crippen LogP contribution in [0.5, 0.6) is 5.75 Å². The summed E-state index contributed by atoms with van der Waals surface area (Å²) in [4.78, 5) is 32.8. The van der Waals surface area contributed by atoms with E-state index in [0.29, 0.717) is 40.3 Å². The van der Waals surface area contributed by atoms with Crippen LogP contribution in [0.25, 0.3) is 16.6 Å². The number of benzene rings is 3. The Hall–Kier alpha value is -4.00. The number of hydrogen-bond donors (Lipinski definition) is 0. The number of aromatic nitrogens is 2. The van der Waals surface area contributed by atoms with Crippen molar-refractivity contribution in [3.05, 3.63) is 100 Å². The van der Waals surface area contributed by atoms with Gasteiger partial charge in [0.25, 0.3) is 11.5 Å². The first-order chi connectivity index (χ1) is 15.9. The van der Waals surface area contributed by atoms with Gasteiger partial charge in [0.1, 0.15) is 17.4 Å². The molecule has 0 aliphatic heterocycles. The molecule has 1 heterocycles. The van der Waals surface area contributed by atoms with Gasteiger partial charge in [-0.3, -0.25) is 14.2 Å². The fourth-order valence-corrected chi connectivity index (χ4v) is 3.68. The van der Waals surface area contributed by atoms with Gasteiger partial charge in [-0.15, -0.1) is 0 Å². The summed E-state index contributed by atoms with van der Waals surface area (Å²) in [7, 11) is 1.64. The Bertz CT molecular complexity index is 1350. The van der Waals surface area contributed by atoms with E-state index in [-0.39, 0.29) is 11.5 Å². The number of carbonyl (C=O) groups excluding carboxylic acids is 1. The van der Waals surface area contributed by atoms with E-state index in [9.17, 15) is 14.0 Å². The topological polar surface area (TPSA) is 64.4 Å². The van der Waals surface area contributed by atoms with Crippen LogP contribution in [0.4, 0.5) is 4.39 Å². The van der Waals surface area contributed by atoms with Crippen molar-refractivity contribution in [2.45, 2.75) is 19.9 Å². The monoisotopic (exact) mass is 445 g/mol. The molecule has 0 saturated carbocycles. The molecule has 33 heavy (non-hydrogen) atoms. The molecule has 0 spiro atoms. The van der Waals surface area contributed by atoms with Crippen LogP contribution in [0, 0.1) is 5.82 Å². The van der Waals surface area contributed by atoms with Crippen LogP contribution in [0.15, 0.2) is 77.6 Å². The summed E-state index contributed by atoms with van der Waals surface area (Å²) in [5.74, 6) is 0.396. The van der Waals surface area contributed by atoms with Gasteiger partial charge < -0.3 is 9.64 Å². The zero-order valence-electron chi connectivity index (χ0n) is 18.7. The molecule has 4 rings (SSSR count). The predicted molar refractivity (Wildman–Crippen MR) is 125 cm³/mol. The van der Waals surface area contributed by atoms with E-state index in [0.717, 1.165) is 0 Å². The van der Waals surface area contributed by atoms with Gasteiger partial charge in [0, 0.05) is 12.6 Å². The highest BCUT2D eigenvalue weighted by molar-refractivity contribution is 5.94. The quantitative estimate of drug-likeness (QED) is 0.429. The van der Waals surface area contributed by atoms with E-state index < -0.39 is 11.9 Å². The second kappa shape index (κ2) is 9.24. The van der Waals surface area contributed by atoms with Crippen molar-refractivity contribution in [1.82, 2.24) is 14.5 Å². The summed E-state index contributed by atoms with van der Waals surface area (Å²) in [5.41, 5.74) is 1.29. The maximum atomic E-state index is 13.5. The minimum atomic E-state index is -0.550. The summed E-state index contributed by atoms with van der Waals surface area (Å²) >= 11 is 0. The molecule has 4 aromatic rings. The fraction of sp³-hybridized carbons (Fsp3) is 0.192. The fourth-order valence-electron chi connectivity index (χ4n) is 3.68. The molecule has 1 unspecified atom stereocenters. The third-order valence-corrected chi connectivity index (χ3v) is 5.57. The summed E-state index contributed by atoms with van der Waals surface area (Å²) in [6, 6.07) is 19.1. The van der Waals surface area contributed by atoms with Crippen LogP contribution >= 0.6 is 0 Å². The zero-order valence-corrected chi connectivity index (χ0v) is 18.7. The van der Waals surface area contributed by atoms with Gasteiger partial charge >= 0.3 is 0 Å². The zero-order chi connectivity index (χ0) is 23.5. The predicted octanol–water partition coefficient (Wildman–Crippen LogP) is 4.76. The molecule has 3 aromatic carbocycles. The Morgan fingerprint density at radius 2 is 1.73 bits per heavy atom. The number of carbonyl (C=O) groups is 1. The van der Waals surface area contributed by atoms with Crippen LogP contribution in [0.2, 0.25) is 0 Å². The first-order valence-electron chi connectivity index (χ1n) is 10.7. The van der Waals surface area contributed by atoms with E-state index >= 15 is 0 Å². The molecule has 6 nitrogen and oxygen atoms in total. The lowest BCUT2D eigenvalue weighted by Gasteiger charge is -2.27. The number of rotatable bonds is 6. The molecular formula is C26H24FN3O3. The number of hydrogen-bond acceptors (Lipinski definition) is 4. The normalized spacial score (nSPS) is 11.9. The van der Waals surface area contributed by atoms with Crippen molar-refractivity contribution >= 4 is 16.8 Å². The maximum Gasteiger partial charge on any atom is 0.266 e. The van der Waals surface area contributed by atoms with Gasteiger partial charge in [0.15, 0.2) is 0 Å². The van der Waals surface area contributed by atoms with Gasteiger partial charge in [-0.25, -0.2) is 9.37 Å². The second-order valence-electron chi connectivity index (χ2n) is 7.65. The van der Waals surface area contributed by atoms with Crippen molar-refractivity contribution in [2.24, 2.45) is 0 Å². The standard InChI is InChI=1S/C26H24FN3O3/c1-4-33-21-15-13-20(14-16-21)30-24(28-23-8-6-5-7-22(23)26(30)32)17(2)29(3)25(31)18-9-11-19(27)12-10-18/h5-17H,4H2,1-3H3. The summed E-state index contributed by atoms with van der Waals surface area (Å²) in [6.07, 6.45) is 0. The van der Waals surface area contributed by atoms with Gasteiger partial charge in [0.2, 0.25) is 0 Å². The molecule has 0 bridgehead atoms. The van der Waals surface area contributed by atoms with Crippen molar-refractivity contribution in [2.75, 3.05) is 13.7 Å². The number of halogens is 1. The lowest BCUT2D eigenvalue weighted by molar-refractivity contribution is 0.0735. The molecule has 1 aromatic heterocycles. The highest BCUT2D eigenvalue weighted by atomic mass is 19.1. The molecule has 0 fully saturated rings. The van der Waals surface area contributed by atoms with Crippen LogP contribution in [0.1, 0.15) is 36.1 Å². The summed E-state index contributed by atoms with van der Waals surface area (Å²) < 4.78 is 20.3. The molecule has 0 aliphatic rings. The number of nitrogens with zero attached hydrogens (tertiary/aromatic N) is 3. The Labute approximate surface area is 190 Å². The molecular weight excluding hydrogens is 421 g/mol. The van der Waals surface area contributed by atoms with E-state index in [1.807, 2.05) is 19.9 Å². The van der Waals surface area contributed by atoms with Crippen LogP contribution in [0.3, 0.4) is 0 Å². The molecule has 168 valence electrons. The third kappa shape index (κ3) is 4.35. The van der Waals surface area contributed by atoms with Crippen molar-refractivity contribution in [3.63, 3.8) is 0 Å². The Kier molecular flexibility index (Phi) is 6.22. The number of ether oxygens (including phenoxy) is 1. The molecule has 7 heteroatoms. The average Bonchev–Trinajstić information content (AvgIpc) is 2.84. The highest BCUT2D eigenvalue weighted by Crippen LogP contribution is 2.24. The highest BCUT2D eigenvalue weighted by Gasteiger charge is 2.25. The Morgan fingerprint density at radius 3 is 2.39 bits per heavy atom. The average molecular weight is 445 g/mol. The number of fused-ring (bicyclic) bond motifs is 1. The van der Waals surface area contributed by atoms with Crippen LogP contribution in [-0.4, -0.2) is 34.0 Å². The molecule has 0 N–H and O–H groups in total. The van der Waals surface area contributed by atoms with Gasteiger partial charge in [0.05, 0.1) is 29.2 Å². The third-order valence-electron chi connectivity index (χ3n) is 5.57. The largest absolute Gasteiger partial charge is 0.494 e.